The van der Waals surface area contributed by atoms with Crippen LogP contribution in [0.25, 0.3) is 10.8 Å². The molecule has 3 saturated heterocycles. The van der Waals surface area contributed by atoms with Crippen molar-refractivity contribution >= 4 is 45.9 Å². The molecule has 3 heterocycles. The number of amides is 3. The Balaban J connectivity index is 1.39. The van der Waals surface area contributed by atoms with E-state index >= 15 is 0 Å². The molecular weight excluding hydrogens is 595 g/mol. The number of anilines is 1. The fraction of sp³-hybridized carbons (Fsp3) is 0.395. The number of fused-ring (bicyclic) bond motifs is 2. The number of nitrogens with zero attached hydrogens (tertiary/aromatic N) is 3. The van der Waals surface area contributed by atoms with Gasteiger partial charge in [-0.15, -0.1) is 24.9 Å². The number of hydrogen-bond donors (Lipinski definition) is 1. The second kappa shape index (κ2) is 13.1. The average molecular weight is 638 g/mol. The maximum absolute atomic E-state index is 15.0. The van der Waals surface area contributed by atoms with Crippen LogP contribution < -0.4 is 4.90 Å². The summed E-state index contributed by atoms with van der Waals surface area (Å²) in [6.07, 6.45) is 5.99. The molecule has 1 spiro atoms. The Morgan fingerprint density at radius 1 is 0.957 bits per heavy atom. The van der Waals surface area contributed by atoms with E-state index in [9.17, 15) is 19.5 Å². The van der Waals surface area contributed by atoms with Crippen LogP contribution in [0.5, 0.6) is 0 Å². The van der Waals surface area contributed by atoms with Gasteiger partial charge in [-0.25, -0.2) is 0 Å². The van der Waals surface area contributed by atoms with Crippen LogP contribution in [0.1, 0.15) is 38.2 Å². The first-order valence-electron chi connectivity index (χ1n) is 16.2. The molecule has 7 nitrogen and oxygen atoms in total. The van der Waals surface area contributed by atoms with Crippen molar-refractivity contribution in [1.29, 1.82) is 0 Å². The summed E-state index contributed by atoms with van der Waals surface area (Å²) < 4.78 is -1.21. The van der Waals surface area contributed by atoms with Gasteiger partial charge in [-0.1, -0.05) is 72.8 Å². The van der Waals surface area contributed by atoms with Crippen molar-refractivity contribution in [2.75, 3.05) is 31.1 Å². The van der Waals surface area contributed by atoms with E-state index in [1.807, 2.05) is 77.7 Å². The maximum atomic E-state index is 15.0. The summed E-state index contributed by atoms with van der Waals surface area (Å²) in [5, 5.41) is 11.7. The number of benzene rings is 3. The molecular formula is C38H43N3O4S. The Hall–Kier alpha value is -3.88. The largest absolute Gasteiger partial charge is 0.396 e. The van der Waals surface area contributed by atoms with E-state index in [1.165, 1.54) is 0 Å². The summed E-state index contributed by atoms with van der Waals surface area (Å²) >= 11 is 1.69. The van der Waals surface area contributed by atoms with E-state index in [0.717, 1.165) is 28.4 Å². The highest BCUT2D eigenvalue weighted by molar-refractivity contribution is 8.02. The summed E-state index contributed by atoms with van der Waals surface area (Å²) in [5.41, 5.74) is 1.77. The molecule has 3 aromatic carbocycles. The lowest BCUT2D eigenvalue weighted by molar-refractivity contribution is -0.145. The van der Waals surface area contributed by atoms with E-state index in [0.29, 0.717) is 45.4 Å². The van der Waals surface area contributed by atoms with Gasteiger partial charge >= 0.3 is 0 Å². The normalized spacial score (nSPS) is 26.3. The maximum Gasteiger partial charge on any atom is 0.251 e. The highest BCUT2D eigenvalue weighted by Crippen LogP contribution is 2.71. The Bertz CT molecular complexity index is 1650. The lowest BCUT2D eigenvalue weighted by Crippen LogP contribution is -2.55. The van der Waals surface area contributed by atoms with Crippen molar-refractivity contribution < 1.29 is 19.5 Å². The van der Waals surface area contributed by atoms with Gasteiger partial charge in [0, 0.05) is 43.2 Å². The lowest BCUT2D eigenvalue weighted by Gasteiger charge is -2.38. The number of aliphatic hydroxyl groups excluding tert-OH is 1. The number of carbonyl (C=O) groups excluding carboxylic acids is 3. The van der Waals surface area contributed by atoms with Gasteiger partial charge in [0.2, 0.25) is 11.8 Å². The summed E-state index contributed by atoms with van der Waals surface area (Å²) in [4.78, 5) is 49.5. The second-order valence-corrected chi connectivity index (χ2v) is 14.8. The molecule has 0 aromatic heterocycles. The Morgan fingerprint density at radius 2 is 1.67 bits per heavy atom. The predicted octanol–water partition coefficient (Wildman–Crippen LogP) is 5.83. The third-order valence-electron chi connectivity index (χ3n) is 10.1. The van der Waals surface area contributed by atoms with Crippen molar-refractivity contribution in [1.82, 2.24) is 9.80 Å². The number of likely N-dealkylation sites (tertiary alicyclic amines) is 1. The minimum absolute atomic E-state index is 0.0127. The minimum atomic E-state index is -0.735. The summed E-state index contributed by atoms with van der Waals surface area (Å²) in [6.45, 7) is 11.4. The molecule has 1 N–H and O–H groups in total. The van der Waals surface area contributed by atoms with Gasteiger partial charge in [-0.3, -0.25) is 14.4 Å². The Labute approximate surface area is 275 Å². The first-order valence-corrected chi connectivity index (χ1v) is 17.1. The van der Waals surface area contributed by atoms with E-state index in [4.69, 9.17) is 0 Å². The van der Waals surface area contributed by atoms with Gasteiger partial charge in [0.1, 0.15) is 6.04 Å². The molecule has 3 aromatic rings. The number of aliphatic hydroxyl groups is 1. The molecule has 3 fully saturated rings. The number of hydrogen-bond acceptors (Lipinski definition) is 5. The van der Waals surface area contributed by atoms with Crippen LogP contribution in [0.15, 0.2) is 98.1 Å². The average Bonchev–Trinajstić information content (AvgIpc) is 3.63. The quantitative estimate of drug-likeness (QED) is 0.189. The highest BCUT2D eigenvalue weighted by Gasteiger charge is 2.77. The van der Waals surface area contributed by atoms with Crippen LogP contribution in [0.4, 0.5) is 5.69 Å². The summed E-state index contributed by atoms with van der Waals surface area (Å²) in [5.74, 6) is -1.50. The zero-order valence-electron chi connectivity index (χ0n) is 26.5. The molecule has 46 heavy (non-hydrogen) atoms. The van der Waals surface area contributed by atoms with Crippen LogP contribution in [0, 0.1) is 11.8 Å². The molecule has 0 radical (unpaired) electrons. The molecule has 3 aliphatic heterocycles. The number of thioether (sulfide) groups is 1. The van der Waals surface area contributed by atoms with Crippen LogP contribution in [-0.2, 0) is 20.9 Å². The van der Waals surface area contributed by atoms with E-state index in [2.05, 4.69) is 20.1 Å². The molecule has 2 bridgehead atoms. The first-order chi connectivity index (χ1) is 22.3. The lowest BCUT2D eigenvalue weighted by atomic mass is 9.66. The van der Waals surface area contributed by atoms with Gasteiger partial charge in [-0.05, 0) is 61.1 Å². The van der Waals surface area contributed by atoms with Crippen molar-refractivity contribution in [2.24, 2.45) is 11.8 Å². The molecule has 3 aliphatic rings. The fourth-order valence-electron chi connectivity index (χ4n) is 8.05. The van der Waals surface area contributed by atoms with Crippen LogP contribution >= 0.6 is 11.8 Å². The summed E-state index contributed by atoms with van der Waals surface area (Å²) in [6, 6.07) is 23.2. The molecule has 6 rings (SSSR count). The van der Waals surface area contributed by atoms with Crippen molar-refractivity contribution in [3.63, 3.8) is 0 Å². The predicted molar refractivity (Wildman–Crippen MR) is 185 cm³/mol. The van der Waals surface area contributed by atoms with Gasteiger partial charge in [0.25, 0.3) is 5.91 Å². The SMILES string of the molecule is C=CCN(Cc1ccccc1)C(=O)[C@H]1[C@H]2C(=O)N(CCCCO)C(C(=O)N(CC=C)c3ccc4ccccc4c3)C23CC[C@]1(C)S3. The van der Waals surface area contributed by atoms with E-state index < -0.39 is 27.4 Å². The topological polar surface area (TPSA) is 81.2 Å². The third kappa shape index (κ3) is 5.45. The number of unbranched alkanes of at least 4 members (excludes halogenated alkanes) is 1. The second-order valence-electron chi connectivity index (χ2n) is 13.0. The van der Waals surface area contributed by atoms with Crippen molar-refractivity contribution in [2.45, 2.75) is 54.7 Å². The molecule has 5 atom stereocenters. The Kier molecular flexibility index (Phi) is 9.12. The van der Waals surface area contributed by atoms with Crippen LogP contribution in [0.2, 0.25) is 0 Å². The van der Waals surface area contributed by atoms with E-state index in [1.54, 1.807) is 33.7 Å². The third-order valence-corrected chi connectivity index (χ3v) is 12.1. The summed E-state index contributed by atoms with van der Waals surface area (Å²) in [7, 11) is 0. The van der Waals surface area contributed by atoms with Crippen molar-refractivity contribution in [3.8, 4) is 0 Å². The molecule has 8 heteroatoms. The van der Waals surface area contributed by atoms with E-state index in [-0.39, 0.29) is 24.3 Å². The highest BCUT2D eigenvalue weighted by atomic mass is 32.2. The molecule has 0 saturated carbocycles. The molecule has 2 unspecified atom stereocenters. The number of rotatable bonds is 13. The van der Waals surface area contributed by atoms with Gasteiger partial charge in [0.15, 0.2) is 0 Å². The first kappa shape index (κ1) is 32.1. The Morgan fingerprint density at radius 3 is 2.39 bits per heavy atom. The molecule has 3 amide bonds. The van der Waals surface area contributed by atoms with Crippen molar-refractivity contribution in [3.05, 3.63) is 104 Å². The molecule has 240 valence electrons. The van der Waals surface area contributed by atoms with Crippen LogP contribution in [-0.4, -0.2) is 74.4 Å². The zero-order valence-corrected chi connectivity index (χ0v) is 27.3. The zero-order chi connectivity index (χ0) is 32.5. The van der Waals surface area contributed by atoms with Gasteiger partial charge in [-0.2, -0.15) is 0 Å². The minimum Gasteiger partial charge on any atom is -0.396 e. The smallest absolute Gasteiger partial charge is 0.251 e. The van der Waals surface area contributed by atoms with Crippen LogP contribution in [0.3, 0.4) is 0 Å². The fourth-order valence-corrected chi connectivity index (χ4v) is 10.4. The molecule has 0 aliphatic carbocycles. The van der Waals surface area contributed by atoms with Gasteiger partial charge in [0.05, 0.1) is 16.6 Å². The van der Waals surface area contributed by atoms with Gasteiger partial charge < -0.3 is 19.8 Å². The monoisotopic (exact) mass is 637 g/mol. The number of carbonyl (C=O) groups is 3. The standard InChI is InChI=1S/C38H43N3O4S/c1-4-21-39(26-27-13-7-6-8-14-27)34(43)31-32-35(44)41(23-11-12-24-42)33(38(32)20-19-37(31,3)46-38)36(45)40(22-5-2)30-18-17-28-15-9-10-16-29(28)25-30/h4-10,13-18,25,31-33,42H,1-2,11-12,19-24,26H2,3H3/t31-,32+,33?,37+,38?/m1/s1.